The van der Waals surface area contributed by atoms with Gasteiger partial charge < -0.3 is 20.7 Å². The van der Waals surface area contributed by atoms with Crippen LogP contribution in [0.1, 0.15) is 20.8 Å². The van der Waals surface area contributed by atoms with Gasteiger partial charge >= 0.3 is 0 Å². The molecule has 6 heteroatoms. The van der Waals surface area contributed by atoms with Crippen LogP contribution in [0.25, 0.3) is 0 Å². The molecule has 0 atom stereocenters. The summed E-state index contributed by atoms with van der Waals surface area (Å²) < 4.78 is 5.56. The highest BCUT2D eigenvalue weighted by Gasteiger charge is 2.04. The molecule has 2 rings (SSSR count). The van der Waals surface area contributed by atoms with Crippen LogP contribution in [0.2, 0.25) is 0 Å². The van der Waals surface area contributed by atoms with Gasteiger partial charge in [0.05, 0.1) is 12.6 Å². The smallest absolute Gasteiger partial charge is 0.243 e. The number of nitrogens with one attached hydrogen (secondary N) is 3. The highest BCUT2D eigenvalue weighted by Crippen LogP contribution is 2.17. The topological polar surface area (TPSA) is 79.5 Å². The zero-order valence-electron chi connectivity index (χ0n) is 14.6. The van der Waals surface area contributed by atoms with Crippen LogP contribution < -0.4 is 20.7 Å². The van der Waals surface area contributed by atoms with Crippen molar-refractivity contribution in [2.45, 2.75) is 26.9 Å². The Morgan fingerprint density at radius 3 is 2.28 bits per heavy atom. The van der Waals surface area contributed by atoms with E-state index in [9.17, 15) is 9.59 Å². The number of rotatable bonds is 7. The minimum Gasteiger partial charge on any atom is -0.491 e. The molecular formula is C19H23N3O3. The molecule has 132 valence electrons. The van der Waals surface area contributed by atoms with Crippen LogP contribution >= 0.6 is 0 Å². The fourth-order valence-corrected chi connectivity index (χ4v) is 2.19. The van der Waals surface area contributed by atoms with Gasteiger partial charge in [-0.1, -0.05) is 6.07 Å². The molecule has 0 aliphatic carbocycles. The second-order valence-corrected chi connectivity index (χ2v) is 5.85. The summed E-state index contributed by atoms with van der Waals surface area (Å²) in [4.78, 5) is 23.1. The number of carbonyl (C=O) groups is 2. The highest BCUT2D eigenvalue weighted by molar-refractivity contribution is 5.94. The molecular weight excluding hydrogens is 318 g/mol. The van der Waals surface area contributed by atoms with Gasteiger partial charge in [-0.25, -0.2) is 0 Å². The van der Waals surface area contributed by atoms with Gasteiger partial charge in [0.25, 0.3) is 0 Å². The van der Waals surface area contributed by atoms with E-state index in [0.717, 1.165) is 11.4 Å². The van der Waals surface area contributed by atoms with Crippen molar-refractivity contribution in [3.63, 3.8) is 0 Å². The third kappa shape index (κ3) is 6.55. The first-order valence-corrected chi connectivity index (χ1v) is 8.10. The van der Waals surface area contributed by atoms with E-state index in [1.165, 1.54) is 6.92 Å². The first-order valence-electron chi connectivity index (χ1n) is 8.10. The van der Waals surface area contributed by atoms with Crippen LogP contribution in [-0.2, 0) is 9.59 Å². The predicted octanol–water partition coefficient (Wildman–Crippen LogP) is 3.48. The molecule has 0 aliphatic rings. The summed E-state index contributed by atoms with van der Waals surface area (Å²) >= 11 is 0. The van der Waals surface area contributed by atoms with Crippen molar-refractivity contribution in [3.8, 4) is 5.75 Å². The zero-order valence-corrected chi connectivity index (χ0v) is 14.6. The van der Waals surface area contributed by atoms with Crippen LogP contribution in [0, 0.1) is 0 Å². The van der Waals surface area contributed by atoms with Crippen LogP contribution in [0.3, 0.4) is 0 Å². The van der Waals surface area contributed by atoms with Crippen LogP contribution in [0.4, 0.5) is 17.1 Å². The molecule has 0 radical (unpaired) electrons. The monoisotopic (exact) mass is 341 g/mol. The van der Waals surface area contributed by atoms with Gasteiger partial charge in [-0.2, -0.15) is 0 Å². The lowest BCUT2D eigenvalue weighted by molar-refractivity contribution is -0.115. The molecule has 6 nitrogen and oxygen atoms in total. The van der Waals surface area contributed by atoms with Crippen LogP contribution in [0.5, 0.6) is 5.75 Å². The molecule has 2 amide bonds. The number of ether oxygens (including phenoxy) is 1. The normalized spacial score (nSPS) is 10.2. The largest absolute Gasteiger partial charge is 0.491 e. The second-order valence-electron chi connectivity index (χ2n) is 5.85. The number of hydrogen-bond acceptors (Lipinski definition) is 4. The maximum Gasteiger partial charge on any atom is 0.243 e. The van der Waals surface area contributed by atoms with Gasteiger partial charge in [0.15, 0.2) is 0 Å². The molecule has 2 aromatic rings. The Hall–Kier alpha value is -3.02. The molecule has 0 unspecified atom stereocenters. The fraction of sp³-hybridized carbons (Fsp3) is 0.263. The van der Waals surface area contributed by atoms with Crippen molar-refractivity contribution in [2.24, 2.45) is 0 Å². The van der Waals surface area contributed by atoms with E-state index >= 15 is 0 Å². The van der Waals surface area contributed by atoms with E-state index in [-0.39, 0.29) is 24.5 Å². The molecule has 0 saturated heterocycles. The van der Waals surface area contributed by atoms with Crippen molar-refractivity contribution < 1.29 is 14.3 Å². The van der Waals surface area contributed by atoms with Crippen molar-refractivity contribution in [3.05, 3.63) is 48.5 Å². The van der Waals surface area contributed by atoms with E-state index < -0.39 is 0 Å². The molecule has 0 aliphatic heterocycles. The van der Waals surface area contributed by atoms with Gasteiger partial charge in [-0.15, -0.1) is 0 Å². The van der Waals surface area contributed by atoms with Crippen molar-refractivity contribution in [1.82, 2.24) is 0 Å². The average Bonchev–Trinajstić information content (AvgIpc) is 2.54. The fourth-order valence-electron chi connectivity index (χ4n) is 2.19. The quantitative estimate of drug-likeness (QED) is 0.720. The number of carbonyl (C=O) groups excluding carboxylic acids is 2. The van der Waals surface area contributed by atoms with Gasteiger partial charge in [-0.3, -0.25) is 9.59 Å². The predicted molar refractivity (Wildman–Crippen MR) is 100 cm³/mol. The first-order chi connectivity index (χ1) is 11.9. The molecule has 0 aromatic heterocycles. The standard InChI is InChI=1S/C19H23N3O3/c1-13(2)25-18-9-7-15(8-10-18)22-19(24)12-20-16-5-4-6-17(11-16)21-14(3)23/h4-11,13,20H,12H2,1-3H3,(H,21,23)(H,22,24). The number of amides is 2. The Kier molecular flexibility index (Phi) is 6.39. The third-order valence-corrected chi connectivity index (χ3v) is 3.15. The SMILES string of the molecule is CC(=O)Nc1cccc(NCC(=O)Nc2ccc(OC(C)C)cc2)c1. The molecule has 0 spiro atoms. The van der Waals surface area contributed by atoms with Crippen LogP contribution in [-0.4, -0.2) is 24.5 Å². The van der Waals surface area contributed by atoms with Gasteiger partial charge in [-0.05, 0) is 56.3 Å². The lowest BCUT2D eigenvalue weighted by atomic mass is 10.2. The van der Waals surface area contributed by atoms with E-state index in [2.05, 4.69) is 16.0 Å². The average molecular weight is 341 g/mol. The molecule has 25 heavy (non-hydrogen) atoms. The van der Waals surface area contributed by atoms with E-state index in [4.69, 9.17) is 4.74 Å². The number of benzene rings is 2. The molecule has 0 heterocycles. The lowest BCUT2D eigenvalue weighted by Gasteiger charge is -2.11. The van der Waals surface area contributed by atoms with E-state index in [1.807, 2.05) is 32.0 Å². The molecule has 0 bridgehead atoms. The van der Waals surface area contributed by atoms with Gasteiger partial charge in [0, 0.05) is 24.0 Å². The number of hydrogen-bond donors (Lipinski definition) is 3. The second kappa shape index (κ2) is 8.73. The van der Waals surface area contributed by atoms with Crippen molar-refractivity contribution >= 4 is 28.9 Å². The molecule has 2 aromatic carbocycles. The Balaban J connectivity index is 1.85. The summed E-state index contributed by atoms with van der Waals surface area (Å²) in [6.45, 7) is 5.49. The lowest BCUT2D eigenvalue weighted by Crippen LogP contribution is -2.21. The Morgan fingerprint density at radius 1 is 0.960 bits per heavy atom. The Labute approximate surface area is 147 Å². The van der Waals surface area contributed by atoms with E-state index in [0.29, 0.717) is 11.4 Å². The summed E-state index contributed by atoms with van der Waals surface area (Å²) in [5.74, 6) is 0.461. The minimum atomic E-state index is -0.164. The maximum absolute atomic E-state index is 12.0. The van der Waals surface area contributed by atoms with Gasteiger partial charge in [0.2, 0.25) is 11.8 Å². The van der Waals surface area contributed by atoms with Crippen molar-refractivity contribution in [2.75, 3.05) is 22.5 Å². The summed E-state index contributed by atoms with van der Waals surface area (Å²) in [7, 11) is 0. The Bertz CT molecular complexity index is 727. The van der Waals surface area contributed by atoms with Crippen molar-refractivity contribution in [1.29, 1.82) is 0 Å². The molecule has 3 N–H and O–H groups in total. The number of anilines is 3. The zero-order chi connectivity index (χ0) is 18.2. The molecule has 0 saturated carbocycles. The minimum absolute atomic E-state index is 0.109. The van der Waals surface area contributed by atoms with E-state index in [1.54, 1.807) is 30.3 Å². The molecule has 0 fully saturated rings. The van der Waals surface area contributed by atoms with Gasteiger partial charge in [0.1, 0.15) is 5.75 Å². The summed E-state index contributed by atoms with van der Waals surface area (Å²) in [6, 6.07) is 14.4. The summed E-state index contributed by atoms with van der Waals surface area (Å²) in [6.07, 6.45) is 0.109. The summed E-state index contributed by atoms with van der Waals surface area (Å²) in [5.41, 5.74) is 2.13. The van der Waals surface area contributed by atoms with Crippen LogP contribution in [0.15, 0.2) is 48.5 Å². The first kappa shape index (κ1) is 18.3. The Morgan fingerprint density at radius 2 is 1.64 bits per heavy atom. The highest BCUT2D eigenvalue weighted by atomic mass is 16.5. The summed E-state index contributed by atoms with van der Waals surface area (Å²) in [5, 5.41) is 8.54. The third-order valence-electron chi connectivity index (χ3n) is 3.15. The maximum atomic E-state index is 12.0.